The summed E-state index contributed by atoms with van der Waals surface area (Å²) >= 11 is 0. The first-order valence-corrected chi connectivity index (χ1v) is 10.6. The van der Waals surface area contributed by atoms with Crippen LogP contribution in [0.4, 0.5) is 13.2 Å². The summed E-state index contributed by atoms with van der Waals surface area (Å²) in [5.74, 6) is 0.199. The average molecular weight is 463 g/mol. The van der Waals surface area contributed by atoms with E-state index < -0.39 is 11.7 Å². The van der Waals surface area contributed by atoms with Crippen LogP contribution < -0.4 is 0 Å². The standard InChI is InChI=1S/C25H20F3N5O/c1-14-7-4-5-8-17(14)12-20-15(2)30-23-21(13-29-33(23)16(20)3)24-31-22(32-34-24)18-9-6-10-19(11-18)25(26,27)28/h4-11,13H,12H2,1-3H3. The molecule has 5 aromatic rings. The zero-order valence-electron chi connectivity index (χ0n) is 18.7. The van der Waals surface area contributed by atoms with E-state index in [2.05, 4.69) is 34.3 Å². The highest BCUT2D eigenvalue weighted by Crippen LogP contribution is 2.32. The van der Waals surface area contributed by atoms with Gasteiger partial charge in [0.2, 0.25) is 5.82 Å². The third kappa shape index (κ3) is 3.83. The van der Waals surface area contributed by atoms with E-state index in [0.29, 0.717) is 11.2 Å². The molecule has 0 radical (unpaired) electrons. The van der Waals surface area contributed by atoms with Crippen molar-refractivity contribution in [3.63, 3.8) is 0 Å². The van der Waals surface area contributed by atoms with Crippen molar-refractivity contribution in [2.24, 2.45) is 0 Å². The van der Waals surface area contributed by atoms with Gasteiger partial charge in [-0.3, -0.25) is 0 Å². The Morgan fingerprint density at radius 2 is 1.76 bits per heavy atom. The highest BCUT2D eigenvalue weighted by atomic mass is 19.4. The molecule has 0 atom stereocenters. The fourth-order valence-corrected chi connectivity index (χ4v) is 4.00. The van der Waals surface area contributed by atoms with Gasteiger partial charge in [0, 0.05) is 23.4 Å². The molecule has 2 aromatic carbocycles. The molecule has 0 N–H and O–H groups in total. The van der Waals surface area contributed by atoms with Crippen molar-refractivity contribution in [2.75, 3.05) is 0 Å². The van der Waals surface area contributed by atoms with Crippen molar-refractivity contribution < 1.29 is 17.7 Å². The van der Waals surface area contributed by atoms with Gasteiger partial charge in [-0.25, -0.2) is 9.50 Å². The highest BCUT2D eigenvalue weighted by Gasteiger charge is 2.31. The molecule has 0 amide bonds. The SMILES string of the molecule is Cc1ccccc1Cc1c(C)nc2c(-c3nc(-c4cccc(C(F)(F)F)c4)no3)cnn2c1C. The van der Waals surface area contributed by atoms with E-state index in [1.807, 2.05) is 26.0 Å². The summed E-state index contributed by atoms with van der Waals surface area (Å²) in [6, 6.07) is 13.0. The van der Waals surface area contributed by atoms with Crippen LogP contribution in [-0.4, -0.2) is 24.7 Å². The number of hydrogen-bond acceptors (Lipinski definition) is 5. The molecule has 3 aromatic heterocycles. The maximum absolute atomic E-state index is 13.1. The molecule has 0 unspecified atom stereocenters. The summed E-state index contributed by atoms with van der Waals surface area (Å²) < 4.78 is 46.3. The van der Waals surface area contributed by atoms with Crippen molar-refractivity contribution in [1.29, 1.82) is 0 Å². The lowest BCUT2D eigenvalue weighted by Crippen LogP contribution is -2.07. The Labute approximate surface area is 193 Å². The quantitative estimate of drug-likeness (QED) is 0.328. The van der Waals surface area contributed by atoms with Crippen LogP contribution in [0.3, 0.4) is 0 Å². The zero-order chi connectivity index (χ0) is 24.0. The lowest BCUT2D eigenvalue weighted by atomic mass is 9.99. The number of fused-ring (bicyclic) bond motifs is 1. The minimum absolute atomic E-state index is 0.0602. The Morgan fingerprint density at radius 1 is 0.971 bits per heavy atom. The van der Waals surface area contributed by atoms with Gasteiger partial charge >= 0.3 is 6.18 Å². The Bertz CT molecular complexity index is 1520. The maximum atomic E-state index is 13.1. The molecule has 0 aliphatic heterocycles. The molecule has 6 nitrogen and oxygen atoms in total. The first-order valence-electron chi connectivity index (χ1n) is 10.6. The largest absolute Gasteiger partial charge is 0.416 e. The van der Waals surface area contributed by atoms with Gasteiger partial charge in [0.15, 0.2) is 5.65 Å². The summed E-state index contributed by atoms with van der Waals surface area (Å²) in [6.07, 6.45) is -2.15. The summed E-state index contributed by atoms with van der Waals surface area (Å²) in [5.41, 5.74) is 5.78. The second kappa shape index (κ2) is 8.09. The van der Waals surface area contributed by atoms with Crippen LogP contribution in [0, 0.1) is 20.8 Å². The van der Waals surface area contributed by atoms with Crippen LogP contribution >= 0.6 is 0 Å². The second-order valence-corrected chi connectivity index (χ2v) is 8.16. The number of rotatable bonds is 4. The van der Waals surface area contributed by atoms with Gasteiger partial charge in [-0.2, -0.15) is 23.3 Å². The number of benzene rings is 2. The molecular weight excluding hydrogens is 443 g/mol. The topological polar surface area (TPSA) is 69.1 Å². The van der Waals surface area contributed by atoms with Crippen LogP contribution in [0.25, 0.3) is 28.5 Å². The summed E-state index contributed by atoms with van der Waals surface area (Å²) in [6.45, 7) is 6.00. The van der Waals surface area contributed by atoms with Gasteiger partial charge in [-0.15, -0.1) is 0 Å². The molecule has 0 fully saturated rings. The van der Waals surface area contributed by atoms with Crippen LogP contribution in [0.5, 0.6) is 0 Å². The van der Waals surface area contributed by atoms with E-state index in [1.54, 1.807) is 10.7 Å². The van der Waals surface area contributed by atoms with Gasteiger partial charge < -0.3 is 4.52 Å². The van der Waals surface area contributed by atoms with Crippen molar-refractivity contribution in [2.45, 2.75) is 33.4 Å². The van der Waals surface area contributed by atoms with Crippen molar-refractivity contribution in [3.8, 4) is 22.8 Å². The third-order valence-corrected chi connectivity index (χ3v) is 5.94. The van der Waals surface area contributed by atoms with Crippen LogP contribution in [-0.2, 0) is 12.6 Å². The smallest absolute Gasteiger partial charge is 0.333 e. The molecule has 0 saturated heterocycles. The normalized spacial score (nSPS) is 11.9. The Balaban J connectivity index is 1.53. The number of aryl methyl sites for hydroxylation is 3. The van der Waals surface area contributed by atoms with Gasteiger partial charge in [0.25, 0.3) is 5.89 Å². The molecule has 5 rings (SSSR count). The lowest BCUT2D eigenvalue weighted by Gasteiger charge is -2.13. The van der Waals surface area contributed by atoms with E-state index in [4.69, 9.17) is 9.51 Å². The molecule has 172 valence electrons. The Hall–Kier alpha value is -4.01. The summed E-state index contributed by atoms with van der Waals surface area (Å²) in [7, 11) is 0. The van der Waals surface area contributed by atoms with Crippen LogP contribution in [0.1, 0.15) is 33.6 Å². The molecule has 3 heterocycles. The Morgan fingerprint density at radius 3 is 2.53 bits per heavy atom. The minimum Gasteiger partial charge on any atom is -0.333 e. The van der Waals surface area contributed by atoms with Gasteiger partial charge in [-0.05, 0) is 49.6 Å². The first-order chi connectivity index (χ1) is 16.2. The van der Waals surface area contributed by atoms with E-state index in [0.717, 1.165) is 35.5 Å². The Kier molecular flexibility index (Phi) is 5.19. The van der Waals surface area contributed by atoms with Crippen molar-refractivity contribution in [3.05, 3.63) is 88.4 Å². The second-order valence-electron chi connectivity index (χ2n) is 8.16. The van der Waals surface area contributed by atoms with Gasteiger partial charge in [0.1, 0.15) is 5.56 Å². The van der Waals surface area contributed by atoms with Crippen molar-refractivity contribution >= 4 is 5.65 Å². The molecule has 9 heteroatoms. The van der Waals surface area contributed by atoms with Crippen molar-refractivity contribution in [1.82, 2.24) is 24.7 Å². The molecule has 0 spiro atoms. The van der Waals surface area contributed by atoms with Gasteiger partial charge in [-0.1, -0.05) is 41.6 Å². The number of halogens is 3. The van der Waals surface area contributed by atoms with Crippen LogP contribution in [0.2, 0.25) is 0 Å². The zero-order valence-corrected chi connectivity index (χ0v) is 18.7. The molecular formula is C25H20F3N5O. The third-order valence-electron chi connectivity index (χ3n) is 5.94. The molecule has 0 saturated carbocycles. The number of alkyl halides is 3. The minimum atomic E-state index is -4.46. The number of nitrogens with zero attached hydrogens (tertiary/aromatic N) is 5. The summed E-state index contributed by atoms with van der Waals surface area (Å²) in [4.78, 5) is 9.07. The van der Waals surface area contributed by atoms with E-state index in [-0.39, 0.29) is 17.3 Å². The maximum Gasteiger partial charge on any atom is 0.416 e. The number of hydrogen-bond donors (Lipinski definition) is 0. The molecule has 34 heavy (non-hydrogen) atoms. The summed E-state index contributed by atoms with van der Waals surface area (Å²) in [5, 5.41) is 8.35. The predicted molar refractivity (Wildman–Crippen MR) is 120 cm³/mol. The lowest BCUT2D eigenvalue weighted by molar-refractivity contribution is -0.137. The van der Waals surface area contributed by atoms with E-state index >= 15 is 0 Å². The van der Waals surface area contributed by atoms with E-state index in [1.165, 1.54) is 23.3 Å². The van der Waals surface area contributed by atoms with Crippen LogP contribution in [0.15, 0.2) is 59.3 Å². The fourth-order valence-electron chi connectivity index (χ4n) is 4.00. The molecule has 0 aliphatic rings. The molecule has 0 bridgehead atoms. The number of aromatic nitrogens is 5. The average Bonchev–Trinajstić information content (AvgIpc) is 3.44. The monoisotopic (exact) mass is 463 g/mol. The van der Waals surface area contributed by atoms with E-state index in [9.17, 15) is 13.2 Å². The molecule has 0 aliphatic carbocycles. The fraction of sp³-hybridized carbons (Fsp3) is 0.200. The first kappa shape index (κ1) is 21.8. The highest BCUT2D eigenvalue weighted by molar-refractivity contribution is 5.73. The van der Waals surface area contributed by atoms with Gasteiger partial charge in [0.05, 0.1) is 11.8 Å². The predicted octanol–water partition coefficient (Wildman–Crippen LogP) is 5.98.